The lowest BCUT2D eigenvalue weighted by Crippen LogP contribution is -2.06. The van der Waals surface area contributed by atoms with Crippen molar-refractivity contribution in [1.82, 2.24) is 9.36 Å². The van der Waals surface area contributed by atoms with Gasteiger partial charge in [-0.15, -0.1) is 0 Å². The Bertz CT molecular complexity index is 484. The molecule has 0 bridgehead atoms. The average molecular weight is 298 g/mol. The van der Waals surface area contributed by atoms with Gasteiger partial charge >= 0.3 is 0 Å². The Balaban J connectivity index is 2.11. The van der Waals surface area contributed by atoms with Crippen LogP contribution in [0, 0.1) is 6.92 Å². The SMILES string of the molecule is Cc1nsc(NC(C)c2cccc(Br)c2)n1. The summed E-state index contributed by atoms with van der Waals surface area (Å²) in [6, 6.07) is 8.47. The zero-order chi connectivity index (χ0) is 11.5. The molecule has 5 heteroatoms. The average Bonchev–Trinajstić information content (AvgIpc) is 2.64. The number of hydrogen-bond acceptors (Lipinski definition) is 4. The number of nitrogens with one attached hydrogen (secondary N) is 1. The summed E-state index contributed by atoms with van der Waals surface area (Å²) in [5, 5.41) is 4.20. The van der Waals surface area contributed by atoms with E-state index < -0.39 is 0 Å². The van der Waals surface area contributed by atoms with Gasteiger partial charge in [-0.05, 0) is 31.5 Å². The van der Waals surface area contributed by atoms with Crippen LogP contribution in [0.25, 0.3) is 0 Å². The summed E-state index contributed by atoms with van der Waals surface area (Å²) in [4.78, 5) is 4.28. The van der Waals surface area contributed by atoms with Crippen molar-refractivity contribution in [2.45, 2.75) is 19.9 Å². The third kappa shape index (κ3) is 2.80. The molecule has 0 aliphatic heterocycles. The van der Waals surface area contributed by atoms with Crippen molar-refractivity contribution in [3.63, 3.8) is 0 Å². The first-order chi connectivity index (χ1) is 7.65. The fraction of sp³-hybridized carbons (Fsp3) is 0.273. The van der Waals surface area contributed by atoms with E-state index in [1.807, 2.05) is 19.1 Å². The van der Waals surface area contributed by atoms with E-state index in [9.17, 15) is 0 Å². The molecular formula is C11H12BrN3S. The summed E-state index contributed by atoms with van der Waals surface area (Å²) < 4.78 is 5.23. The normalized spacial score (nSPS) is 12.4. The van der Waals surface area contributed by atoms with Gasteiger partial charge in [0.2, 0.25) is 5.13 Å². The fourth-order valence-corrected chi connectivity index (χ4v) is 2.48. The van der Waals surface area contributed by atoms with Crippen LogP contribution in [0.2, 0.25) is 0 Å². The van der Waals surface area contributed by atoms with Crippen molar-refractivity contribution in [3.8, 4) is 0 Å². The molecule has 1 N–H and O–H groups in total. The van der Waals surface area contributed by atoms with Crippen molar-refractivity contribution >= 4 is 32.6 Å². The van der Waals surface area contributed by atoms with Crippen molar-refractivity contribution < 1.29 is 0 Å². The van der Waals surface area contributed by atoms with Gasteiger partial charge in [-0.3, -0.25) is 0 Å². The molecule has 0 aliphatic rings. The van der Waals surface area contributed by atoms with Gasteiger partial charge in [0.25, 0.3) is 0 Å². The van der Waals surface area contributed by atoms with Gasteiger partial charge in [0, 0.05) is 16.0 Å². The summed E-state index contributed by atoms with van der Waals surface area (Å²) in [6.45, 7) is 4.00. The van der Waals surface area contributed by atoms with Crippen LogP contribution in [-0.4, -0.2) is 9.36 Å². The highest BCUT2D eigenvalue weighted by atomic mass is 79.9. The summed E-state index contributed by atoms with van der Waals surface area (Å²) in [7, 11) is 0. The Hall–Kier alpha value is -0.940. The number of halogens is 1. The monoisotopic (exact) mass is 297 g/mol. The van der Waals surface area contributed by atoms with E-state index in [1.165, 1.54) is 17.1 Å². The Kier molecular flexibility index (Phi) is 3.56. The number of aryl methyl sites for hydroxylation is 1. The standard InChI is InChI=1S/C11H12BrN3S/c1-7(9-4-3-5-10(12)6-9)13-11-14-8(2)15-16-11/h3-7H,1-2H3,(H,13,14,15). The Morgan fingerprint density at radius 1 is 1.44 bits per heavy atom. The van der Waals surface area contributed by atoms with Crippen LogP contribution in [0.5, 0.6) is 0 Å². The molecule has 0 saturated carbocycles. The fourth-order valence-electron chi connectivity index (χ4n) is 1.40. The van der Waals surface area contributed by atoms with Gasteiger partial charge in [0.1, 0.15) is 5.82 Å². The molecule has 0 radical (unpaired) electrons. The summed E-state index contributed by atoms with van der Waals surface area (Å²) in [5.41, 5.74) is 1.22. The molecule has 0 aliphatic carbocycles. The minimum atomic E-state index is 0.227. The van der Waals surface area contributed by atoms with Crippen molar-refractivity contribution in [2.75, 3.05) is 5.32 Å². The minimum Gasteiger partial charge on any atom is -0.354 e. The van der Waals surface area contributed by atoms with Crippen LogP contribution < -0.4 is 5.32 Å². The van der Waals surface area contributed by atoms with Crippen LogP contribution in [0.15, 0.2) is 28.7 Å². The number of aromatic nitrogens is 2. The van der Waals surface area contributed by atoms with Crippen LogP contribution >= 0.6 is 27.5 Å². The van der Waals surface area contributed by atoms with Crippen molar-refractivity contribution in [1.29, 1.82) is 0 Å². The smallest absolute Gasteiger partial charge is 0.203 e. The van der Waals surface area contributed by atoms with Gasteiger partial charge in [-0.1, -0.05) is 28.1 Å². The van der Waals surface area contributed by atoms with E-state index in [0.717, 1.165) is 15.4 Å². The molecule has 1 aromatic carbocycles. The van der Waals surface area contributed by atoms with E-state index in [2.05, 4.69) is 49.7 Å². The molecule has 3 nitrogen and oxygen atoms in total. The largest absolute Gasteiger partial charge is 0.354 e. The number of hydrogen-bond donors (Lipinski definition) is 1. The van der Waals surface area contributed by atoms with E-state index in [0.29, 0.717) is 0 Å². The molecular weight excluding hydrogens is 286 g/mol. The summed E-state index contributed by atoms with van der Waals surface area (Å²) in [5.74, 6) is 0.814. The zero-order valence-corrected chi connectivity index (χ0v) is 11.5. The Morgan fingerprint density at radius 2 is 2.25 bits per heavy atom. The lowest BCUT2D eigenvalue weighted by molar-refractivity contribution is 0.879. The predicted octanol–water partition coefficient (Wildman–Crippen LogP) is 3.78. The minimum absolute atomic E-state index is 0.227. The lowest BCUT2D eigenvalue weighted by Gasteiger charge is -2.12. The summed E-state index contributed by atoms with van der Waals surface area (Å²) in [6.07, 6.45) is 0. The van der Waals surface area contributed by atoms with Gasteiger partial charge in [-0.25, -0.2) is 4.98 Å². The molecule has 16 heavy (non-hydrogen) atoms. The quantitative estimate of drug-likeness (QED) is 0.937. The van der Waals surface area contributed by atoms with Crippen LogP contribution in [0.1, 0.15) is 24.4 Å². The highest BCUT2D eigenvalue weighted by molar-refractivity contribution is 9.10. The number of rotatable bonds is 3. The molecule has 1 unspecified atom stereocenters. The van der Waals surface area contributed by atoms with Crippen molar-refractivity contribution in [3.05, 3.63) is 40.1 Å². The van der Waals surface area contributed by atoms with Crippen molar-refractivity contribution in [2.24, 2.45) is 0 Å². The Morgan fingerprint density at radius 3 is 2.88 bits per heavy atom. The third-order valence-corrected chi connectivity index (χ3v) is 3.45. The molecule has 0 saturated heterocycles. The highest BCUT2D eigenvalue weighted by Gasteiger charge is 2.08. The molecule has 2 rings (SSSR count). The van der Waals surface area contributed by atoms with Gasteiger partial charge in [-0.2, -0.15) is 4.37 Å². The molecule has 1 aromatic heterocycles. The first kappa shape index (κ1) is 11.5. The summed E-state index contributed by atoms with van der Waals surface area (Å²) >= 11 is 4.86. The maximum absolute atomic E-state index is 4.28. The van der Waals surface area contributed by atoms with E-state index in [1.54, 1.807) is 0 Å². The second kappa shape index (κ2) is 4.93. The number of benzene rings is 1. The molecule has 0 spiro atoms. The van der Waals surface area contributed by atoms with Crippen LogP contribution in [0.3, 0.4) is 0 Å². The maximum Gasteiger partial charge on any atom is 0.203 e. The van der Waals surface area contributed by atoms with E-state index >= 15 is 0 Å². The molecule has 1 atom stereocenters. The molecule has 0 fully saturated rings. The first-order valence-electron chi connectivity index (χ1n) is 4.97. The second-order valence-corrected chi connectivity index (χ2v) is 5.24. The zero-order valence-electron chi connectivity index (χ0n) is 9.07. The molecule has 2 aromatic rings. The number of nitrogens with zero attached hydrogens (tertiary/aromatic N) is 2. The third-order valence-electron chi connectivity index (χ3n) is 2.22. The maximum atomic E-state index is 4.28. The molecule has 0 amide bonds. The van der Waals surface area contributed by atoms with E-state index in [4.69, 9.17) is 0 Å². The molecule has 1 heterocycles. The number of anilines is 1. The van der Waals surface area contributed by atoms with Gasteiger partial charge < -0.3 is 5.32 Å². The van der Waals surface area contributed by atoms with Gasteiger partial charge in [0.05, 0.1) is 6.04 Å². The van der Waals surface area contributed by atoms with Crippen LogP contribution in [-0.2, 0) is 0 Å². The highest BCUT2D eigenvalue weighted by Crippen LogP contribution is 2.22. The van der Waals surface area contributed by atoms with Crippen LogP contribution in [0.4, 0.5) is 5.13 Å². The van der Waals surface area contributed by atoms with Gasteiger partial charge in [0.15, 0.2) is 0 Å². The second-order valence-electron chi connectivity index (χ2n) is 3.57. The Labute approximate surface area is 107 Å². The molecule has 84 valence electrons. The van der Waals surface area contributed by atoms with E-state index in [-0.39, 0.29) is 6.04 Å². The first-order valence-corrected chi connectivity index (χ1v) is 6.54. The topological polar surface area (TPSA) is 37.8 Å². The lowest BCUT2D eigenvalue weighted by atomic mass is 10.1. The predicted molar refractivity (Wildman–Crippen MR) is 70.8 cm³/mol.